The van der Waals surface area contributed by atoms with E-state index in [9.17, 15) is 4.79 Å². The highest BCUT2D eigenvalue weighted by Crippen LogP contribution is 2.20. The predicted molar refractivity (Wildman–Crippen MR) is 63.4 cm³/mol. The van der Waals surface area contributed by atoms with Crippen LogP contribution in [0.1, 0.15) is 12.3 Å². The summed E-state index contributed by atoms with van der Waals surface area (Å²) in [5.74, 6) is -0.0822. The summed E-state index contributed by atoms with van der Waals surface area (Å²) in [4.78, 5) is 14.5. The minimum absolute atomic E-state index is 0.0138. The van der Waals surface area contributed by atoms with Gasteiger partial charge in [-0.25, -0.2) is 0 Å². The van der Waals surface area contributed by atoms with E-state index >= 15 is 0 Å². The zero-order chi connectivity index (χ0) is 12.3. The Kier molecular flexibility index (Phi) is 3.53. The SMILES string of the molecule is O=C(O)CCc1nc(-c2cccc(Br)c2)no1. The van der Waals surface area contributed by atoms with E-state index in [-0.39, 0.29) is 12.8 Å². The van der Waals surface area contributed by atoms with Crippen LogP contribution in [0.25, 0.3) is 11.4 Å². The van der Waals surface area contributed by atoms with Crippen LogP contribution >= 0.6 is 15.9 Å². The van der Waals surface area contributed by atoms with Crippen molar-refractivity contribution < 1.29 is 14.4 Å². The number of hydrogen-bond donors (Lipinski definition) is 1. The zero-order valence-corrected chi connectivity index (χ0v) is 10.3. The summed E-state index contributed by atoms with van der Waals surface area (Å²) in [5, 5.41) is 12.3. The molecule has 2 aromatic rings. The predicted octanol–water partition coefficient (Wildman–Crippen LogP) is 2.52. The van der Waals surface area contributed by atoms with E-state index in [0.717, 1.165) is 10.0 Å². The molecule has 1 aromatic heterocycles. The van der Waals surface area contributed by atoms with E-state index in [1.807, 2.05) is 24.3 Å². The van der Waals surface area contributed by atoms with E-state index < -0.39 is 5.97 Å². The molecular formula is C11H9BrN2O3. The van der Waals surface area contributed by atoms with Crippen LogP contribution in [0.4, 0.5) is 0 Å². The van der Waals surface area contributed by atoms with E-state index in [1.54, 1.807) is 0 Å². The van der Waals surface area contributed by atoms with Crippen molar-refractivity contribution in [3.63, 3.8) is 0 Å². The van der Waals surface area contributed by atoms with Crippen LogP contribution in [-0.2, 0) is 11.2 Å². The average molecular weight is 297 g/mol. The van der Waals surface area contributed by atoms with Crippen molar-refractivity contribution in [3.8, 4) is 11.4 Å². The lowest BCUT2D eigenvalue weighted by molar-refractivity contribution is -0.137. The highest BCUT2D eigenvalue weighted by Gasteiger charge is 2.10. The quantitative estimate of drug-likeness (QED) is 0.938. The van der Waals surface area contributed by atoms with E-state index in [2.05, 4.69) is 26.1 Å². The lowest BCUT2D eigenvalue weighted by atomic mass is 10.2. The monoisotopic (exact) mass is 296 g/mol. The van der Waals surface area contributed by atoms with Gasteiger partial charge in [-0.3, -0.25) is 4.79 Å². The second kappa shape index (κ2) is 5.09. The van der Waals surface area contributed by atoms with Crippen molar-refractivity contribution in [2.24, 2.45) is 0 Å². The fourth-order valence-corrected chi connectivity index (χ4v) is 1.71. The molecule has 0 aliphatic carbocycles. The third kappa shape index (κ3) is 3.13. The number of rotatable bonds is 4. The molecule has 0 saturated heterocycles. The normalized spacial score (nSPS) is 10.4. The number of carboxylic acids is 1. The first-order valence-corrected chi connectivity index (χ1v) is 5.75. The molecule has 0 aliphatic heterocycles. The van der Waals surface area contributed by atoms with Crippen LogP contribution in [0.15, 0.2) is 33.3 Å². The van der Waals surface area contributed by atoms with Crippen LogP contribution in [0.3, 0.4) is 0 Å². The molecule has 0 bridgehead atoms. The Labute approximate surface area is 106 Å². The Balaban J connectivity index is 2.15. The summed E-state index contributed by atoms with van der Waals surface area (Å²) in [6.07, 6.45) is 0.233. The van der Waals surface area contributed by atoms with Gasteiger partial charge < -0.3 is 9.63 Å². The molecule has 1 N–H and O–H groups in total. The van der Waals surface area contributed by atoms with Gasteiger partial charge in [0.15, 0.2) is 0 Å². The number of aliphatic carboxylic acids is 1. The van der Waals surface area contributed by atoms with E-state index in [0.29, 0.717) is 11.7 Å². The second-order valence-electron chi connectivity index (χ2n) is 3.42. The summed E-state index contributed by atoms with van der Waals surface area (Å²) in [7, 11) is 0. The fraction of sp³-hybridized carbons (Fsp3) is 0.182. The fourth-order valence-electron chi connectivity index (χ4n) is 1.32. The number of aryl methyl sites for hydroxylation is 1. The molecule has 0 unspecified atom stereocenters. The Morgan fingerprint density at radius 1 is 1.47 bits per heavy atom. The van der Waals surface area contributed by atoms with E-state index in [1.165, 1.54) is 0 Å². The Bertz CT molecular complexity index is 539. The van der Waals surface area contributed by atoms with Crippen LogP contribution < -0.4 is 0 Å². The number of aromatic nitrogens is 2. The average Bonchev–Trinajstić information content (AvgIpc) is 2.75. The van der Waals surface area contributed by atoms with Crippen molar-refractivity contribution in [1.82, 2.24) is 10.1 Å². The molecule has 17 heavy (non-hydrogen) atoms. The Morgan fingerprint density at radius 3 is 3.00 bits per heavy atom. The first-order chi connectivity index (χ1) is 8.15. The number of halogens is 1. The van der Waals surface area contributed by atoms with Gasteiger partial charge in [-0.05, 0) is 12.1 Å². The van der Waals surface area contributed by atoms with Gasteiger partial charge in [0, 0.05) is 16.5 Å². The second-order valence-corrected chi connectivity index (χ2v) is 4.33. The zero-order valence-electron chi connectivity index (χ0n) is 8.76. The lowest BCUT2D eigenvalue weighted by Crippen LogP contribution is -1.97. The first kappa shape index (κ1) is 11.8. The molecule has 0 radical (unpaired) electrons. The molecule has 0 aliphatic rings. The standard InChI is InChI=1S/C11H9BrN2O3/c12-8-3-1-2-7(6-8)11-13-9(17-14-11)4-5-10(15)16/h1-3,6H,4-5H2,(H,15,16). The number of carbonyl (C=O) groups is 1. The summed E-state index contributed by atoms with van der Waals surface area (Å²) < 4.78 is 5.89. The Morgan fingerprint density at radius 2 is 2.29 bits per heavy atom. The third-order valence-corrected chi connectivity index (χ3v) is 2.60. The minimum atomic E-state index is -0.882. The maximum atomic E-state index is 10.4. The molecule has 1 aromatic carbocycles. The molecule has 6 heteroatoms. The van der Waals surface area contributed by atoms with Crippen molar-refractivity contribution in [2.45, 2.75) is 12.8 Å². The van der Waals surface area contributed by atoms with Crippen molar-refractivity contribution in [1.29, 1.82) is 0 Å². The van der Waals surface area contributed by atoms with Gasteiger partial charge >= 0.3 is 5.97 Å². The van der Waals surface area contributed by atoms with Crippen LogP contribution in [0.5, 0.6) is 0 Å². The molecule has 1 heterocycles. The molecular weight excluding hydrogens is 288 g/mol. The van der Waals surface area contributed by atoms with Gasteiger partial charge in [0.25, 0.3) is 0 Å². The Hall–Kier alpha value is -1.69. The number of benzene rings is 1. The highest BCUT2D eigenvalue weighted by atomic mass is 79.9. The maximum Gasteiger partial charge on any atom is 0.303 e. The topological polar surface area (TPSA) is 76.2 Å². The number of carboxylic acid groups (broad SMARTS) is 1. The molecule has 2 rings (SSSR count). The van der Waals surface area contributed by atoms with Gasteiger partial charge in [-0.2, -0.15) is 4.98 Å². The smallest absolute Gasteiger partial charge is 0.303 e. The van der Waals surface area contributed by atoms with Crippen LogP contribution in [0.2, 0.25) is 0 Å². The molecule has 0 spiro atoms. The number of hydrogen-bond acceptors (Lipinski definition) is 4. The summed E-state index contributed by atoms with van der Waals surface area (Å²) in [5.41, 5.74) is 0.824. The lowest BCUT2D eigenvalue weighted by Gasteiger charge is -1.93. The largest absolute Gasteiger partial charge is 0.481 e. The van der Waals surface area contributed by atoms with Crippen LogP contribution in [0, 0.1) is 0 Å². The molecule has 0 fully saturated rings. The summed E-state index contributed by atoms with van der Waals surface area (Å²) in [6.45, 7) is 0. The van der Waals surface area contributed by atoms with Gasteiger partial charge in [0.2, 0.25) is 11.7 Å². The highest BCUT2D eigenvalue weighted by molar-refractivity contribution is 9.10. The molecule has 5 nitrogen and oxygen atoms in total. The molecule has 0 atom stereocenters. The molecule has 0 amide bonds. The van der Waals surface area contributed by atoms with Gasteiger partial charge in [0.1, 0.15) is 0 Å². The van der Waals surface area contributed by atoms with Gasteiger partial charge in [-0.1, -0.05) is 33.2 Å². The summed E-state index contributed by atoms with van der Waals surface area (Å²) >= 11 is 3.35. The molecule has 0 saturated carbocycles. The van der Waals surface area contributed by atoms with Crippen molar-refractivity contribution in [3.05, 3.63) is 34.6 Å². The third-order valence-electron chi connectivity index (χ3n) is 2.10. The van der Waals surface area contributed by atoms with E-state index in [4.69, 9.17) is 9.63 Å². The number of nitrogens with zero attached hydrogens (tertiary/aromatic N) is 2. The summed E-state index contributed by atoms with van der Waals surface area (Å²) in [6, 6.07) is 7.49. The maximum absolute atomic E-state index is 10.4. The van der Waals surface area contributed by atoms with Crippen molar-refractivity contribution >= 4 is 21.9 Å². The van der Waals surface area contributed by atoms with Gasteiger partial charge in [-0.15, -0.1) is 0 Å². The first-order valence-electron chi connectivity index (χ1n) is 4.95. The van der Waals surface area contributed by atoms with Gasteiger partial charge in [0.05, 0.1) is 6.42 Å². The van der Waals surface area contributed by atoms with Crippen molar-refractivity contribution in [2.75, 3.05) is 0 Å². The van der Waals surface area contributed by atoms with Crippen LogP contribution in [-0.4, -0.2) is 21.2 Å². The minimum Gasteiger partial charge on any atom is -0.481 e. The molecule has 88 valence electrons.